The third kappa shape index (κ3) is 3.92. The first-order chi connectivity index (χ1) is 12.5. The number of hydrogen-bond donors (Lipinski definition) is 0. The van der Waals surface area contributed by atoms with Crippen LogP contribution < -0.4 is 4.74 Å². The van der Waals surface area contributed by atoms with Crippen LogP contribution in [0.4, 0.5) is 5.69 Å². The number of nitro benzene ring substituents is 1. The van der Waals surface area contributed by atoms with Gasteiger partial charge in [0, 0.05) is 6.07 Å². The minimum absolute atomic E-state index is 0.0417. The first-order valence-electron chi connectivity index (χ1n) is 7.47. The van der Waals surface area contributed by atoms with E-state index < -0.39 is 10.9 Å². The van der Waals surface area contributed by atoms with Crippen molar-refractivity contribution >= 4 is 39.2 Å². The third-order valence-corrected chi connectivity index (χ3v) is 4.56. The third-order valence-electron chi connectivity index (χ3n) is 3.62. The van der Waals surface area contributed by atoms with Gasteiger partial charge in [-0.1, -0.05) is 48.0 Å². The van der Waals surface area contributed by atoms with Crippen LogP contribution in [-0.2, 0) is 0 Å². The highest BCUT2D eigenvalue weighted by Gasteiger charge is 2.18. The fourth-order valence-corrected chi connectivity index (χ4v) is 2.98. The Labute approximate surface area is 162 Å². The quantitative estimate of drug-likeness (QED) is 0.223. The van der Waals surface area contributed by atoms with Gasteiger partial charge in [-0.25, -0.2) is 4.79 Å². The number of hydrogen-bond acceptors (Lipinski definition) is 4. The molecular formula is C19H11BrClNO4. The molecule has 0 fully saturated rings. The summed E-state index contributed by atoms with van der Waals surface area (Å²) >= 11 is 9.14. The Bertz CT molecular complexity index is 992. The highest BCUT2D eigenvalue weighted by atomic mass is 79.9. The Morgan fingerprint density at radius 1 is 1.00 bits per heavy atom. The largest absolute Gasteiger partial charge is 0.422 e. The number of ether oxygens (including phenoxy) is 1. The molecule has 0 amide bonds. The fourth-order valence-electron chi connectivity index (χ4n) is 2.33. The highest BCUT2D eigenvalue weighted by molar-refractivity contribution is 9.10. The second-order valence-corrected chi connectivity index (χ2v) is 6.59. The molecule has 7 heteroatoms. The Morgan fingerprint density at radius 3 is 2.38 bits per heavy atom. The Hall–Kier alpha value is -2.70. The Morgan fingerprint density at radius 2 is 1.73 bits per heavy atom. The maximum atomic E-state index is 12.3. The first-order valence-corrected chi connectivity index (χ1v) is 8.64. The lowest BCUT2D eigenvalue weighted by atomic mass is 10.1. The molecule has 3 rings (SSSR count). The van der Waals surface area contributed by atoms with E-state index in [1.807, 2.05) is 42.5 Å². The van der Waals surface area contributed by atoms with Crippen LogP contribution in [0.1, 0.15) is 10.4 Å². The number of rotatable bonds is 4. The molecular weight excluding hydrogens is 422 g/mol. The molecule has 0 spiro atoms. The van der Waals surface area contributed by atoms with Crippen molar-refractivity contribution in [3.05, 3.63) is 91.9 Å². The van der Waals surface area contributed by atoms with Gasteiger partial charge in [-0.15, -0.1) is 0 Å². The predicted octanol–water partition coefficient (Wildman–Crippen LogP) is 5.90. The van der Waals surface area contributed by atoms with Crippen molar-refractivity contribution in [2.45, 2.75) is 0 Å². The lowest BCUT2D eigenvalue weighted by Crippen LogP contribution is -2.09. The molecule has 5 nitrogen and oxygen atoms in total. The fraction of sp³-hybridized carbons (Fsp3) is 0. The number of esters is 1. The van der Waals surface area contributed by atoms with E-state index in [0.29, 0.717) is 10.2 Å². The predicted molar refractivity (Wildman–Crippen MR) is 103 cm³/mol. The maximum absolute atomic E-state index is 12.3. The van der Waals surface area contributed by atoms with Crippen LogP contribution in [-0.4, -0.2) is 10.9 Å². The molecule has 0 saturated heterocycles. The molecule has 0 aliphatic rings. The van der Waals surface area contributed by atoms with Crippen LogP contribution in [0.3, 0.4) is 0 Å². The minimum Gasteiger partial charge on any atom is -0.422 e. The van der Waals surface area contributed by atoms with E-state index in [2.05, 4.69) is 15.9 Å². The van der Waals surface area contributed by atoms with E-state index in [4.69, 9.17) is 16.3 Å². The van der Waals surface area contributed by atoms with Gasteiger partial charge < -0.3 is 4.74 Å². The molecule has 0 N–H and O–H groups in total. The Balaban J connectivity index is 1.84. The van der Waals surface area contributed by atoms with E-state index in [0.717, 1.165) is 17.2 Å². The van der Waals surface area contributed by atoms with Crippen LogP contribution in [0.25, 0.3) is 11.1 Å². The van der Waals surface area contributed by atoms with Crippen molar-refractivity contribution in [1.82, 2.24) is 0 Å². The molecule has 0 aliphatic carbocycles. The lowest BCUT2D eigenvalue weighted by molar-refractivity contribution is -0.384. The molecule has 0 saturated carbocycles. The summed E-state index contributed by atoms with van der Waals surface area (Å²) in [7, 11) is 0. The number of benzene rings is 3. The second kappa shape index (κ2) is 7.68. The van der Waals surface area contributed by atoms with E-state index >= 15 is 0 Å². The molecule has 0 bridgehead atoms. The standard InChI is InChI=1S/C19H11BrClNO4/c20-15-10-13(12-4-2-1-3-5-12)7-9-18(15)26-19(23)14-6-8-16(21)17(11-14)22(24)25/h1-11H. The summed E-state index contributed by atoms with van der Waals surface area (Å²) < 4.78 is 5.94. The lowest BCUT2D eigenvalue weighted by Gasteiger charge is -2.09. The normalized spacial score (nSPS) is 10.4. The first kappa shape index (κ1) is 18.1. The summed E-state index contributed by atoms with van der Waals surface area (Å²) in [4.78, 5) is 22.6. The zero-order valence-corrected chi connectivity index (χ0v) is 15.5. The zero-order chi connectivity index (χ0) is 18.7. The van der Waals surface area contributed by atoms with Gasteiger partial charge in [0.25, 0.3) is 5.69 Å². The number of halogens is 2. The summed E-state index contributed by atoms with van der Waals surface area (Å²) in [6.07, 6.45) is 0. The summed E-state index contributed by atoms with van der Waals surface area (Å²) in [5, 5.41) is 10.9. The van der Waals surface area contributed by atoms with Gasteiger partial charge in [0.1, 0.15) is 10.8 Å². The topological polar surface area (TPSA) is 69.4 Å². The van der Waals surface area contributed by atoms with Crippen molar-refractivity contribution in [1.29, 1.82) is 0 Å². The van der Waals surface area contributed by atoms with Crippen molar-refractivity contribution in [2.24, 2.45) is 0 Å². The SMILES string of the molecule is O=C(Oc1ccc(-c2ccccc2)cc1Br)c1ccc(Cl)c([N+](=O)[O-])c1. The van der Waals surface area contributed by atoms with Crippen LogP contribution >= 0.6 is 27.5 Å². The van der Waals surface area contributed by atoms with Crippen LogP contribution in [0.2, 0.25) is 5.02 Å². The molecule has 0 atom stereocenters. The molecule has 0 radical (unpaired) electrons. The smallest absolute Gasteiger partial charge is 0.343 e. The number of nitro groups is 1. The summed E-state index contributed by atoms with van der Waals surface area (Å²) in [5.41, 5.74) is 1.68. The zero-order valence-electron chi connectivity index (χ0n) is 13.2. The molecule has 0 aromatic heterocycles. The van der Waals surface area contributed by atoms with E-state index in [1.54, 1.807) is 6.07 Å². The average Bonchev–Trinajstić information content (AvgIpc) is 2.64. The second-order valence-electron chi connectivity index (χ2n) is 5.32. The van der Waals surface area contributed by atoms with Gasteiger partial charge in [-0.3, -0.25) is 10.1 Å². The van der Waals surface area contributed by atoms with E-state index in [1.165, 1.54) is 12.1 Å². The molecule has 3 aromatic carbocycles. The average molecular weight is 433 g/mol. The minimum atomic E-state index is -0.710. The Kier molecular flexibility index (Phi) is 5.35. The van der Waals surface area contributed by atoms with Crippen molar-refractivity contribution in [3.8, 4) is 16.9 Å². The van der Waals surface area contributed by atoms with Crippen LogP contribution in [0, 0.1) is 10.1 Å². The monoisotopic (exact) mass is 431 g/mol. The molecule has 130 valence electrons. The number of carbonyl (C=O) groups excluding carboxylic acids is 1. The van der Waals surface area contributed by atoms with Crippen molar-refractivity contribution in [3.63, 3.8) is 0 Å². The van der Waals surface area contributed by atoms with Crippen molar-refractivity contribution < 1.29 is 14.5 Å². The van der Waals surface area contributed by atoms with Gasteiger partial charge in [0.2, 0.25) is 0 Å². The molecule has 0 unspecified atom stereocenters. The molecule has 26 heavy (non-hydrogen) atoms. The van der Waals surface area contributed by atoms with Crippen molar-refractivity contribution in [2.75, 3.05) is 0 Å². The van der Waals surface area contributed by atoms with E-state index in [-0.39, 0.29) is 16.3 Å². The van der Waals surface area contributed by atoms with Gasteiger partial charge in [-0.2, -0.15) is 0 Å². The van der Waals surface area contributed by atoms with Crippen LogP contribution in [0.5, 0.6) is 5.75 Å². The summed E-state index contributed by atoms with van der Waals surface area (Å²) in [6.45, 7) is 0. The molecule has 0 heterocycles. The van der Waals surface area contributed by atoms with Gasteiger partial charge >= 0.3 is 5.97 Å². The molecule has 0 aliphatic heterocycles. The summed E-state index contributed by atoms with van der Waals surface area (Å²) in [6, 6.07) is 18.8. The maximum Gasteiger partial charge on any atom is 0.343 e. The van der Waals surface area contributed by atoms with Gasteiger partial charge in [0.15, 0.2) is 0 Å². The van der Waals surface area contributed by atoms with Gasteiger partial charge in [-0.05, 0) is 51.3 Å². The number of carbonyl (C=O) groups is 1. The summed E-state index contributed by atoms with van der Waals surface area (Å²) in [5.74, 6) is -0.398. The molecule has 3 aromatic rings. The van der Waals surface area contributed by atoms with E-state index in [9.17, 15) is 14.9 Å². The number of nitrogens with zero attached hydrogens (tertiary/aromatic N) is 1. The highest BCUT2D eigenvalue weighted by Crippen LogP contribution is 2.32. The van der Waals surface area contributed by atoms with Crippen LogP contribution in [0.15, 0.2) is 71.2 Å². The van der Waals surface area contributed by atoms with Gasteiger partial charge in [0.05, 0.1) is 15.0 Å².